The third kappa shape index (κ3) is 4.61. The van der Waals surface area contributed by atoms with Crippen molar-refractivity contribution in [3.05, 3.63) is 0 Å². The summed E-state index contributed by atoms with van der Waals surface area (Å²) in [7, 11) is 0. The van der Waals surface area contributed by atoms with Crippen LogP contribution in [-0.4, -0.2) is 25.8 Å². The van der Waals surface area contributed by atoms with Crippen LogP contribution in [0.1, 0.15) is 39.0 Å². The van der Waals surface area contributed by atoms with Gasteiger partial charge in [0.05, 0.1) is 6.61 Å². The molecule has 1 saturated carbocycles. The first kappa shape index (κ1) is 11.5. The zero-order chi connectivity index (χ0) is 10.2. The van der Waals surface area contributed by atoms with Gasteiger partial charge in [-0.05, 0) is 25.7 Å². The van der Waals surface area contributed by atoms with Crippen LogP contribution >= 0.6 is 0 Å². The molecule has 82 valence electrons. The summed E-state index contributed by atoms with van der Waals surface area (Å²) < 4.78 is 10.1. The van der Waals surface area contributed by atoms with Crippen molar-refractivity contribution in [2.75, 3.05) is 19.8 Å². The summed E-state index contributed by atoms with van der Waals surface area (Å²) in [4.78, 5) is 11.3. The van der Waals surface area contributed by atoms with Crippen LogP contribution in [0.5, 0.6) is 0 Å². The number of esters is 1. The SMILES string of the molecule is CCOCCOC(=O)CC1CCCC1. The van der Waals surface area contributed by atoms with Crippen molar-refractivity contribution in [3.8, 4) is 0 Å². The first-order valence-corrected chi connectivity index (χ1v) is 5.56. The van der Waals surface area contributed by atoms with E-state index in [0.29, 0.717) is 32.2 Å². The van der Waals surface area contributed by atoms with Gasteiger partial charge >= 0.3 is 5.97 Å². The van der Waals surface area contributed by atoms with Gasteiger partial charge in [-0.25, -0.2) is 0 Å². The molecule has 3 nitrogen and oxygen atoms in total. The molecule has 0 radical (unpaired) electrons. The van der Waals surface area contributed by atoms with Crippen molar-refractivity contribution in [1.29, 1.82) is 0 Å². The summed E-state index contributed by atoms with van der Waals surface area (Å²) in [5.41, 5.74) is 0. The molecule has 0 aromatic carbocycles. The maximum absolute atomic E-state index is 11.3. The molecule has 0 aliphatic heterocycles. The van der Waals surface area contributed by atoms with Crippen molar-refractivity contribution in [2.45, 2.75) is 39.0 Å². The summed E-state index contributed by atoms with van der Waals surface area (Å²) in [6.07, 6.45) is 5.54. The van der Waals surface area contributed by atoms with Crippen molar-refractivity contribution in [2.24, 2.45) is 5.92 Å². The molecule has 1 aliphatic rings. The van der Waals surface area contributed by atoms with Crippen LogP contribution < -0.4 is 0 Å². The molecule has 0 unspecified atom stereocenters. The molecule has 0 atom stereocenters. The van der Waals surface area contributed by atoms with Gasteiger partial charge in [0.25, 0.3) is 0 Å². The first-order valence-electron chi connectivity index (χ1n) is 5.56. The number of hydrogen-bond donors (Lipinski definition) is 0. The second-order valence-corrected chi connectivity index (χ2v) is 3.77. The lowest BCUT2D eigenvalue weighted by Crippen LogP contribution is -2.13. The number of carbonyl (C=O) groups excluding carboxylic acids is 1. The predicted octanol–water partition coefficient (Wildman–Crippen LogP) is 2.15. The van der Waals surface area contributed by atoms with E-state index in [2.05, 4.69) is 0 Å². The topological polar surface area (TPSA) is 35.5 Å². The first-order chi connectivity index (χ1) is 6.83. The molecule has 0 spiro atoms. The minimum Gasteiger partial charge on any atom is -0.463 e. The summed E-state index contributed by atoms with van der Waals surface area (Å²) >= 11 is 0. The van der Waals surface area contributed by atoms with Gasteiger partial charge in [-0.2, -0.15) is 0 Å². The van der Waals surface area contributed by atoms with Gasteiger partial charge < -0.3 is 9.47 Å². The fraction of sp³-hybridized carbons (Fsp3) is 0.909. The molecule has 0 bridgehead atoms. The van der Waals surface area contributed by atoms with Crippen LogP contribution in [-0.2, 0) is 14.3 Å². The molecule has 3 heteroatoms. The summed E-state index contributed by atoms with van der Waals surface area (Å²) in [5, 5.41) is 0. The molecule has 0 N–H and O–H groups in total. The summed E-state index contributed by atoms with van der Waals surface area (Å²) in [5.74, 6) is 0.520. The Morgan fingerprint density at radius 1 is 1.29 bits per heavy atom. The molecule has 1 fully saturated rings. The molecule has 0 saturated heterocycles. The predicted molar refractivity (Wildman–Crippen MR) is 54.0 cm³/mol. The van der Waals surface area contributed by atoms with Crippen LogP contribution in [0.4, 0.5) is 0 Å². The Kier molecular flexibility index (Phi) is 5.60. The molecule has 0 aromatic rings. The van der Waals surface area contributed by atoms with Gasteiger partial charge in [0.15, 0.2) is 0 Å². The fourth-order valence-electron chi connectivity index (χ4n) is 1.87. The van der Waals surface area contributed by atoms with E-state index in [1.165, 1.54) is 25.7 Å². The second kappa shape index (κ2) is 6.82. The maximum Gasteiger partial charge on any atom is 0.306 e. The number of hydrogen-bond acceptors (Lipinski definition) is 3. The lowest BCUT2D eigenvalue weighted by molar-refractivity contribution is -0.146. The Hall–Kier alpha value is -0.570. The summed E-state index contributed by atoms with van der Waals surface area (Å²) in [6.45, 7) is 3.53. The normalized spacial score (nSPS) is 17.2. The Morgan fingerprint density at radius 2 is 2.00 bits per heavy atom. The largest absolute Gasteiger partial charge is 0.463 e. The molecular weight excluding hydrogens is 180 g/mol. The molecule has 0 aromatic heterocycles. The van der Waals surface area contributed by atoms with Crippen molar-refractivity contribution < 1.29 is 14.3 Å². The Balaban J connectivity index is 1.98. The highest BCUT2D eigenvalue weighted by Gasteiger charge is 2.18. The Labute approximate surface area is 85.8 Å². The second-order valence-electron chi connectivity index (χ2n) is 3.77. The average Bonchev–Trinajstić information content (AvgIpc) is 2.65. The zero-order valence-corrected chi connectivity index (χ0v) is 8.96. The maximum atomic E-state index is 11.3. The van der Waals surface area contributed by atoms with Gasteiger partial charge in [0.1, 0.15) is 6.61 Å². The van der Waals surface area contributed by atoms with Crippen LogP contribution in [0, 0.1) is 5.92 Å². The molecule has 14 heavy (non-hydrogen) atoms. The third-order valence-electron chi connectivity index (χ3n) is 2.62. The van der Waals surface area contributed by atoms with Gasteiger partial charge in [0.2, 0.25) is 0 Å². The number of ether oxygens (including phenoxy) is 2. The van der Waals surface area contributed by atoms with E-state index in [9.17, 15) is 4.79 Å². The molecule has 1 aliphatic carbocycles. The van der Waals surface area contributed by atoms with Crippen LogP contribution in [0.3, 0.4) is 0 Å². The van der Waals surface area contributed by atoms with E-state index >= 15 is 0 Å². The smallest absolute Gasteiger partial charge is 0.306 e. The van der Waals surface area contributed by atoms with E-state index in [0.717, 1.165) is 0 Å². The highest BCUT2D eigenvalue weighted by molar-refractivity contribution is 5.69. The number of rotatable bonds is 6. The minimum atomic E-state index is -0.0587. The number of carbonyl (C=O) groups is 1. The lowest BCUT2D eigenvalue weighted by atomic mass is 10.1. The zero-order valence-electron chi connectivity index (χ0n) is 8.96. The highest BCUT2D eigenvalue weighted by Crippen LogP contribution is 2.27. The highest BCUT2D eigenvalue weighted by atomic mass is 16.6. The van der Waals surface area contributed by atoms with E-state index < -0.39 is 0 Å². The van der Waals surface area contributed by atoms with Gasteiger partial charge in [-0.15, -0.1) is 0 Å². The van der Waals surface area contributed by atoms with E-state index in [4.69, 9.17) is 9.47 Å². The van der Waals surface area contributed by atoms with Gasteiger partial charge in [-0.3, -0.25) is 4.79 Å². The molecular formula is C11H20O3. The molecule has 0 amide bonds. The van der Waals surface area contributed by atoms with E-state index in [-0.39, 0.29) is 5.97 Å². The van der Waals surface area contributed by atoms with Crippen molar-refractivity contribution in [3.63, 3.8) is 0 Å². The quantitative estimate of drug-likeness (QED) is 0.487. The Morgan fingerprint density at radius 3 is 2.64 bits per heavy atom. The van der Waals surface area contributed by atoms with Crippen LogP contribution in [0.25, 0.3) is 0 Å². The van der Waals surface area contributed by atoms with Crippen molar-refractivity contribution in [1.82, 2.24) is 0 Å². The monoisotopic (exact) mass is 200 g/mol. The lowest BCUT2D eigenvalue weighted by Gasteiger charge is -2.08. The molecule has 0 heterocycles. The third-order valence-corrected chi connectivity index (χ3v) is 2.62. The fourth-order valence-corrected chi connectivity index (χ4v) is 1.87. The van der Waals surface area contributed by atoms with E-state index in [1.807, 2.05) is 6.92 Å². The van der Waals surface area contributed by atoms with Crippen LogP contribution in [0.2, 0.25) is 0 Å². The standard InChI is InChI=1S/C11H20O3/c1-2-13-7-8-14-11(12)9-10-5-3-4-6-10/h10H,2-9H2,1H3. The van der Waals surface area contributed by atoms with Gasteiger partial charge in [-0.1, -0.05) is 12.8 Å². The van der Waals surface area contributed by atoms with E-state index in [1.54, 1.807) is 0 Å². The Bertz CT molecular complexity index is 162. The van der Waals surface area contributed by atoms with Crippen LogP contribution in [0.15, 0.2) is 0 Å². The van der Waals surface area contributed by atoms with Crippen molar-refractivity contribution >= 4 is 5.97 Å². The average molecular weight is 200 g/mol. The van der Waals surface area contributed by atoms with Gasteiger partial charge in [0, 0.05) is 13.0 Å². The summed E-state index contributed by atoms with van der Waals surface area (Å²) in [6, 6.07) is 0. The minimum absolute atomic E-state index is 0.0587. The molecule has 1 rings (SSSR count).